The van der Waals surface area contributed by atoms with Gasteiger partial charge in [-0.25, -0.2) is 4.39 Å². The van der Waals surface area contributed by atoms with Gasteiger partial charge in [-0.05, 0) is 68.1 Å². The van der Waals surface area contributed by atoms with E-state index in [2.05, 4.69) is 10.6 Å². The van der Waals surface area contributed by atoms with Crippen LogP contribution in [0.15, 0.2) is 42.5 Å². The average molecular weight is 340 g/mol. The van der Waals surface area contributed by atoms with E-state index in [0.29, 0.717) is 18.5 Å². The summed E-state index contributed by atoms with van der Waals surface area (Å²) in [6.07, 6.45) is 1.80. The molecule has 0 fully saturated rings. The Kier molecular flexibility index (Phi) is 4.57. The van der Waals surface area contributed by atoms with Crippen molar-refractivity contribution in [1.29, 1.82) is 0 Å². The number of hydrogen-bond donors (Lipinski definition) is 2. The first kappa shape index (κ1) is 17.1. The first-order valence-corrected chi connectivity index (χ1v) is 8.36. The van der Waals surface area contributed by atoms with Gasteiger partial charge in [0, 0.05) is 17.8 Å². The topological polar surface area (TPSA) is 58.2 Å². The van der Waals surface area contributed by atoms with Crippen LogP contribution < -0.4 is 10.6 Å². The minimum atomic E-state index is -0.599. The van der Waals surface area contributed by atoms with Gasteiger partial charge in [0.25, 0.3) is 0 Å². The number of aryl methyl sites for hydroxylation is 1. The molecule has 130 valence electrons. The average Bonchev–Trinajstić information content (AvgIpc) is 2.79. The third kappa shape index (κ3) is 3.71. The second kappa shape index (κ2) is 6.67. The number of benzene rings is 2. The Balaban J connectivity index is 1.56. The van der Waals surface area contributed by atoms with E-state index >= 15 is 0 Å². The molecule has 0 bridgehead atoms. The fourth-order valence-electron chi connectivity index (χ4n) is 2.98. The molecule has 0 atom stereocenters. The zero-order chi connectivity index (χ0) is 18.0. The maximum absolute atomic E-state index is 12.9. The highest BCUT2D eigenvalue weighted by atomic mass is 19.1. The maximum atomic E-state index is 12.9. The van der Waals surface area contributed by atoms with Gasteiger partial charge in [0.2, 0.25) is 11.8 Å². The van der Waals surface area contributed by atoms with Gasteiger partial charge in [-0.15, -0.1) is 0 Å². The first-order valence-electron chi connectivity index (χ1n) is 8.36. The standard InChI is InChI=1S/C20H21FN2O2/c1-20(2)16-12-15(10-11-17(16)23-19(20)25)22-18(24)5-3-4-13-6-8-14(21)9-7-13/h6-12H,3-5H2,1-2H3,(H,22,24)(H,23,25). The smallest absolute Gasteiger partial charge is 0.234 e. The van der Waals surface area contributed by atoms with Crippen molar-refractivity contribution in [2.45, 2.75) is 38.5 Å². The third-order valence-electron chi connectivity index (χ3n) is 4.58. The van der Waals surface area contributed by atoms with Gasteiger partial charge < -0.3 is 10.6 Å². The SMILES string of the molecule is CC1(C)C(=O)Nc2ccc(NC(=O)CCCc3ccc(F)cc3)cc21. The van der Waals surface area contributed by atoms with Crippen LogP contribution in [0, 0.1) is 5.82 Å². The van der Waals surface area contributed by atoms with Crippen molar-refractivity contribution in [2.24, 2.45) is 0 Å². The molecule has 2 aromatic rings. The molecule has 1 aliphatic rings. The lowest BCUT2D eigenvalue weighted by Crippen LogP contribution is -2.26. The van der Waals surface area contributed by atoms with Gasteiger partial charge in [-0.1, -0.05) is 12.1 Å². The predicted molar refractivity (Wildman–Crippen MR) is 96.1 cm³/mol. The quantitative estimate of drug-likeness (QED) is 0.864. The summed E-state index contributed by atoms with van der Waals surface area (Å²) in [7, 11) is 0. The van der Waals surface area contributed by atoms with E-state index in [1.165, 1.54) is 12.1 Å². The molecule has 0 saturated heterocycles. The van der Waals surface area contributed by atoms with Crippen molar-refractivity contribution in [3.63, 3.8) is 0 Å². The molecule has 2 N–H and O–H groups in total. The molecule has 0 aliphatic carbocycles. The van der Waals surface area contributed by atoms with Gasteiger partial charge >= 0.3 is 0 Å². The lowest BCUT2D eigenvalue weighted by atomic mass is 9.86. The summed E-state index contributed by atoms with van der Waals surface area (Å²) in [6, 6.07) is 11.8. The highest BCUT2D eigenvalue weighted by Crippen LogP contribution is 2.38. The van der Waals surface area contributed by atoms with E-state index in [9.17, 15) is 14.0 Å². The van der Waals surface area contributed by atoms with E-state index in [0.717, 1.165) is 23.2 Å². The van der Waals surface area contributed by atoms with Crippen molar-refractivity contribution in [3.05, 3.63) is 59.4 Å². The van der Waals surface area contributed by atoms with Gasteiger partial charge in [0.05, 0.1) is 5.41 Å². The number of halogens is 1. The molecular formula is C20H21FN2O2. The molecule has 1 aliphatic heterocycles. The molecule has 0 saturated carbocycles. The van der Waals surface area contributed by atoms with E-state index in [4.69, 9.17) is 0 Å². The molecule has 4 nitrogen and oxygen atoms in total. The molecule has 0 aromatic heterocycles. The Bertz CT molecular complexity index is 813. The van der Waals surface area contributed by atoms with Gasteiger partial charge in [-0.3, -0.25) is 9.59 Å². The lowest BCUT2D eigenvalue weighted by molar-refractivity contribution is -0.119. The summed E-state index contributed by atoms with van der Waals surface area (Å²) in [4.78, 5) is 24.1. The number of anilines is 2. The Morgan fingerprint density at radius 3 is 2.60 bits per heavy atom. The summed E-state index contributed by atoms with van der Waals surface area (Å²) in [5.41, 5.74) is 2.79. The number of amides is 2. The number of nitrogens with one attached hydrogen (secondary N) is 2. The van der Waals surface area contributed by atoms with Crippen molar-refractivity contribution in [2.75, 3.05) is 10.6 Å². The number of carbonyl (C=O) groups is 2. The minimum absolute atomic E-state index is 0.0368. The molecule has 0 radical (unpaired) electrons. The van der Waals surface area contributed by atoms with Gasteiger partial charge in [0.1, 0.15) is 5.82 Å². The normalized spacial score (nSPS) is 14.8. The van der Waals surface area contributed by atoms with Crippen LogP contribution in [-0.4, -0.2) is 11.8 Å². The second-order valence-corrected chi connectivity index (χ2v) is 6.87. The molecule has 0 spiro atoms. The van der Waals surface area contributed by atoms with Crippen LogP contribution >= 0.6 is 0 Å². The number of rotatable bonds is 5. The second-order valence-electron chi connectivity index (χ2n) is 6.87. The zero-order valence-corrected chi connectivity index (χ0v) is 14.4. The number of carbonyl (C=O) groups excluding carboxylic acids is 2. The fourth-order valence-corrected chi connectivity index (χ4v) is 2.98. The predicted octanol–water partition coefficient (Wildman–Crippen LogP) is 4.02. The van der Waals surface area contributed by atoms with Crippen LogP contribution in [-0.2, 0) is 21.4 Å². The first-order chi connectivity index (χ1) is 11.9. The highest BCUT2D eigenvalue weighted by molar-refractivity contribution is 6.06. The maximum Gasteiger partial charge on any atom is 0.234 e. The van der Waals surface area contributed by atoms with Crippen LogP contribution in [0.25, 0.3) is 0 Å². The Labute approximate surface area is 146 Å². The van der Waals surface area contributed by atoms with Crippen LogP contribution in [0.3, 0.4) is 0 Å². The largest absolute Gasteiger partial charge is 0.326 e. The summed E-state index contributed by atoms with van der Waals surface area (Å²) < 4.78 is 12.9. The molecule has 2 aromatic carbocycles. The van der Waals surface area contributed by atoms with Crippen LogP contribution in [0.4, 0.5) is 15.8 Å². The van der Waals surface area contributed by atoms with Crippen LogP contribution in [0.5, 0.6) is 0 Å². The number of hydrogen-bond acceptors (Lipinski definition) is 2. The lowest BCUT2D eigenvalue weighted by Gasteiger charge is -2.16. The summed E-state index contributed by atoms with van der Waals surface area (Å²) in [5, 5.41) is 5.73. The van der Waals surface area contributed by atoms with Gasteiger partial charge in [0.15, 0.2) is 0 Å². The van der Waals surface area contributed by atoms with E-state index < -0.39 is 5.41 Å². The van der Waals surface area contributed by atoms with Crippen molar-refractivity contribution in [3.8, 4) is 0 Å². The number of fused-ring (bicyclic) bond motifs is 1. The summed E-state index contributed by atoms with van der Waals surface area (Å²) in [5.74, 6) is -0.364. The van der Waals surface area contributed by atoms with E-state index in [1.807, 2.05) is 26.0 Å². The molecule has 25 heavy (non-hydrogen) atoms. The molecule has 1 heterocycles. The summed E-state index contributed by atoms with van der Waals surface area (Å²) >= 11 is 0. The minimum Gasteiger partial charge on any atom is -0.326 e. The summed E-state index contributed by atoms with van der Waals surface area (Å²) in [6.45, 7) is 3.73. The molecule has 0 unspecified atom stereocenters. The van der Waals surface area contributed by atoms with Gasteiger partial charge in [-0.2, -0.15) is 0 Å². The van der Waals surface area contributed by atoms with Crippen molar-refractivity contribution in [1.82, 2.24) is 0 Å². The van der Waals surface area contributed by atoms with E-state index in [-0.39, 0.29) is 17.6 Å². The van der Waals surface area contributed by atoms with E-state index in [1.54, 1.807) is 18.2 Å². The molecule has 5 heteroatoms. The zero-order valence-electron chi connectivity index (χ0n) is 14.4. The molecule has 2 amide bonds. The monoisotopic (exact) mass is 340 g/mol. The molecular weight excluding hydrogens is 319 g/mol. The van der Waals surface area contributed by atoms with Crippen LogP contribution in [0.1, 0.15) is 37.8 Å². The Morgan fingerprint density at radius 1 is 1.16 bits per heavy atom. The third-order valence-corrected chi connectivity index (χ3v) is 4.58. The van der Waals surface area contributed by atoms with Crippen molar-refractivity contribution >= 4 is 23.2 Å². The van der Waals surface area contributed by atoms with Crippen LogP contribution in [0.2, 0.25) is 0 Å². The fraction of sp³-hybridized carbons (Fsp3) is 0.300. The molecule has 3 rings (SSSR count). The Hall–Kier alpha value is -2.69. The van der Waals surface area contributed by atoms with Crippen molar-refractivity contribution < 1.29 is 14.0 Å². The Morgan fingerprint density at radius 2 is 1.88 bits per heavy atom. The highest BCUT2D eigenvalue weighted by Gasteiger charge is 2.38.